The number of rotatable bonds is 5. The van der Waals surface area contributed by atoms with E-state index in [1.165, 1.54) is 22.7 Å². The number of hydrogen-bond acceptors (Lipinski definition) is 8. The van der Waals surface area contributed by atoms with E-state index in [-0.39, 0.29) is 12.1 Å². The summed E-state index contributed by atoms with van der Waals surface area (Å²) in [7, 11) is 0. The Balaban J connectivity index is 1.47. The van der Waals surface area contributed by atoms with Gasteiger partial charge in [0, 0.05) is 45.7 Å². The number of carbonyl (C=O) groups excluding carboxylic acids is 2. The van der Waals surface area contributed by atoms with Crippen LogP contribution in [0.15, 0.2) is 24.3 Å². The van der Waals surface area contributed by atoms with E-state index in [0.29, 0.717) is 20.1 Å². The fourth-order valence-corrected chi connectivity index (χ4v) is 8.23. The van der Waals surface area contributed by atoms with Crippen LogP contribution in [-0.4, -0.2) is 34.9 Å². The minimum atomic E-state index is -0.521. The molecule has 2 aliphatic heterocycles. The first-order chi connectivity index (χ1) is 19.1. The van der Waals surface area contributed by atoms with Crippen molar-refractivity contribution in [2.24, 2.45) is 11.5 Å². The van der Waals surface area contributed by atoms with E-state index in [9.17, 15) is 9.59 Å². The van der Waals surface area contributed by atoms with Gasteiger partial charge in [-0.25, -0.2) is 9.97 Å². The standard InChI is InChI=1S/C28H26Cl2N6O2S2/c1-11-15(7-13(29)9-17(11)21-23-19(3-5-33-21)35-27(39-23)25(31)37)16-8-14(30)10-18(12(16)2)22-24-20(4-6-34-22)36-28(40-24)26(32)38/h7-10,21-22,33-34H,3-6H2,1-2H3,(H2,31,37)(H2,32,38). The molecule has 0 bridgehead atoms. The van der Waals surface area contributed by atoms with Gasteiger partial charge in [-0.2, -0.15) is 0 Å². The molecule has 2 aromatic carbocycles. The molecule has 0 saturated heterocycles. The van der Waals surface area contributed by atoms with Crippen LogP contribution in [0.3, 0.4) is 0 Å². The van der Waals surface area contributed by atoms with Crippen molar-refractivity contribution in [3.05, 3.63) is 87.7 Å². The summed E-state index contributed by atoms with van der Waals surface area (Å²) in [5, 5.41) is 8.98. The molecular formula is C28H26Cl2N6O2S2. The van der Waals surface area contributed by atoms with Gasteiger partial charge in [-0.3, -0.25) is 9.59 Å². The highest BCUT2D eigenvalue weighted by Gasteiger charge is 2.31. The van der Waals surface area contributed by atoms with Crippen LogP contribution < -0.4 is 22.1 Å². The normalized spacial score (nSPS) is 18.3. The highest BCUT2D eigenvalue weighted by Crippen LogP contribution is 2.43. The third-order valence-corrected chi connectivity index (χ3v) is 10.3. The molecule has 0 radical (unpaired) electrons. The van der Waals surface area contributed by atoms with Crippen LogP contribution in [0, 0.1) is 13.8 Å². The smallest absolute Gasteiger partial charge is 0.277 e. The van der Waals surface area contributed by atoms with Gasteiger partial charge in [0.05, 0.1) is 23.5 Å². The number of benzene rings is 2. The van der Waals surface area contributed by atoms with Gasteiger partial charge in [0.1, 0.15) is 0 Å². The summed E-state index contributed by atoms with van der Waals surface area (Å²) in [5.41, 5.74) is 18.9. The molecule has 0 aliphatic carbocycles. The SMILES string of the molecule is Cc1c(-c2cc(Cl)cc(C3NCCc4nc(C(N)=O)sc43)c2C)cc(Cl)cc1C1NCCc2nc(C(N)=O)sc21. The van der Waals surface area contributed by atoms with Gasteiger partial charge < -0.3 is 22.1 Å². The van der Waals surface area contributed by atoms with Crippen molar-refractivity contribution in [1.82, 2.24) is 20.6 Å². The van der Waals surface area contributed by atoms with Crippen LogP contribution in [0.5, 0.6) is 0 Å². The number of primary amides is 2. The fourth-order valence-electron chi connectivity index (χ4n) is 5.66. The number of hydrogen-bond donors (Lipinski definition) is 4. The maximum absolute atomic E-state index is 11.9. The number of amides is 2. The summed E-state index contributed by atoms with van der Waals surface area (Å²) >= 11 is 16.1. The van der Waals surface area contributed by atoms with Gasteiger partial charge in [-0.05, 0) is 71.5 Å². The summed E-state index contributed by atoms with van der Waals surface area (Å²) in [6, 6.07) is 7.53. The Morgan fingerprint density at radius 1 is 0.775 bits per heavy atom. The lowest BCUT2D eigenvalue weighted by Gasteiger charge is -2.28. The Kier molecular flexibility index (Phi) is 7.18. The van der Waals surface area contributed by atoms with E-state index in [1.54, 1.807) is 0 Å². The average molecular weight is 614 g/mol. The van der Waals surface area contributed by atoms with Crippen molar-refractivity contribution in [3.8, 4) is 11.1 Å². The van der Waals surface area contributed by atoms with Crippen molar-refractivity contribution in [1.29, 1.82) is 0 Å². The van der Waals surface area contributed by atoms with Gasteiger partial charge in [0.2, 0.25) is 0 Å². The Labute approximate surface area is 249 Å². The predicted molar refractivity (Wildman–Crippen MR) is 160 cm³/mol. The molecule has 8 nitrogen and oxygen atoms in total. The second kappa shape index (κ2) is 10.5. The number of halogens is 2. The van der Waals surface area contributed by atoms with Crippen LogP contribution in [0.25, 0.3) is 11.1 Å². The van der Waals surface area contributed by atoms with Gasteiger partial charge in [-0.15, -0.1) is 22.7 Å². The minimum absolute atomic E-state index is 0.169. The third kappa shape index (κ3) is 4.72. The van der Waals surface area contributed by atoms with E-state index in [1.807, 2.05) is 24.3 Å². The number of nitrogens with zero attached hydrogens (tertiary/aromatic N) is 2. The molecule has 2 aromatic heterocycles. The Hall–Kier alpha value is -2.86. The van der Waals surface area contributed by atoms with Gasteiger partial charge in [0.25, 0.3) is 11.8 Å². The van der Waals surface area contributed by atoms with Crippen LogP contribution in [0.4, 0.5) is 0 Å². The van der Waals surface area contributed by atoms with Crippen molar-refractivity contribution in [2.75, 3.05) is 13.1 Å². The van der Waals surface area contributed by atoms with Gasteiger partial charge in [0.15, 0.2) is 10.0 Å². The Morgan fingerprint density at radius 3 is 1.55 bits per heavy atom. The zero-order valence-corrected chi connectivity index (χ0v) is 24.9. The summed E-state index contributed by atoms with van der Waals surface area (Å²) in [4.78, 5) is 34.6. The number of aromatic nitrogens is 2. The van der Waals surface area contributed by atoms with Crippen LogP contribution in [0.2, 0.25) is 10.0 Å². The highest BCUT2D eigenvalue weighted by atomic mass is 35.5. The molecule has 0 spiro atoms. The molecule has 6 rings (SSSR count). The molecule has 40 heavy (non-hydrogen) atoms. The van der Waals surface area contributed by atoms with Crippen LogP contribution >= 0.6 is 45.9 Å². The quantitative estimate of drug-likeness (QED) is 0.254. The first-order valence-electron chi connectivity index (χ1n) is 12.8. The molecule has 2 atom stereocenters. The number of fused-ring (bicyclic) bond motifs is 2. The molecule has 2 unspecified atom stereocenters. The largest absolute Gasteiger partial charge is 0.364 e. The summed E-state index contributed by atoms with van der Waals surface area (Å²) < 4.78 is 0. The molecule has 4 aromatic rings. The monoisotopic (exact) mass is 612 g/mol. The van der Waals surface area contributed by atoms with E-state index in [0.717, 1.165) is 80.5 Å². The van der Waals surface area contributed by atoms with Gasteiger partial charge in [-0.1, -0.05) is 23.2 Å². The number of nitrogens with two attached hydrogens (primary N) is 2. The number of nitrogens with one attached hydrogen (secondary N) is 2. The molecule has 6 N–H and O–H groups in total. The molecule has 0 fully saturated rings. The molecule has 4 heterocycles. The Bertz CT molecular complexity index is 1570. The van der Waals surface area contributed by atoms with Crippen molar-refractivity contribution in [3.63, 3.8) is 0 Å². The van der Waals surface area contributed by atoms with E-state index in [2.05, 4.69) is 34.4 Å². The zero-order chi connectivity index (χ0) is 28.3. The number of thiazole rings is 2. The van der Waals surface area contributed by atoms with E-state index < -0.39 is 11.8 Å². The molecule has 206 valence electrons. The molecule has 12 heteroatoms. The van der Waals surface area contributed by atoms with E-state index >= 15 is 0 Å². The summed E-state index contributed by atoms with van der Waals surface area (Å²) in [6.45, 7) is 5.59. The Morgan fingerprint density at radius 2 is 1.18 bits per heavy atom. The second-order valence-electron chi connectivity index (χ2n) is 10.00. The van der Waals surface area contributed by atoms with Crippen molar-refractivity contribution >= 4 is 57.7 Å². The molecule has 2 aliphatic rings. The highest BCUT2D eigenvalue weighted by molar-refractivity contribution is 7.14. The van der Waals surface area contributed by atoms with Gasteiger partial charge >= 0.3 is 0 Å². The molecule has 2 amide bonds. The lowest BCUT2D eigenvalue weighted by atomic mass is 9.86. The molecular weight excluding hydrogens is 587 g/mol. The first-order valence-corrected chi connectivity index (χ1v) is 15.2. The zero-order valence-electron chi connectivity index (χ0n) is 21.7. The van der Waals surface area contributed by atoms with E-state index in [4.69, 9.17) is 34.7 Å². The second-order valence-corrected chi connectivity index (χ2v) is 12.9. The first kappa shape index (κ1) is 27.3. The fraction of sp³-hybridized carbons (Fsp3) is 0.286. The van der Waals surface area contributed by atoms with Crippen LogP contribution in [-0.2, 0) is 12.8 Å². The van der Waals surface area contributed by atoms with Crippen molar-refractivity contribution < 1.29 is 9.59 Å². The lowest BCUT2D eigenvalue weighted by molar-refractivity contribution is 0.0991. The average Bonchev–Trinajstić information content (AvgIpc) is 3.56. The van der Waals surface area contributed by atoms with Crippen LogP contribution in [0.1, 0.15) is 75.1 Å². The lowest BCUT2D eigenvalue weighted by Crippen LogP contribution is -2.30. The minimum Gasteiger partial charge on any atom is -0.364 e. The maximum atomic E-state index is 11.9. The number of carbonyl (C=O) groups is 2. The predicted octanol–water partition coefficient (Wildman–Crippen LogP) is 4.86. The van der Waals surface area contributed by atoms with Crippen molar-refractivity contribution in [2.45, 2.75) is 38.8 Å². The molecule has 0 saturated carbocycles. The summed E-state index contributed by atoms with van der Waals surface area (Å²) in [5.74, 6) is -1.04. The summed E-state index contributed by atoms with van der Waals surface area (Å²) in [6.07, 6.45) is 1.45. The topological polar surface area (TPSA) is 136 Å². The maximum Gasteiger partial charge on any atom is 0.277 e. The third-order valence-electron chi connectivity index (χ3n) is 7.56.